The molecular weight excluding hydrogens is 640 g/mol. The molecule has 1 atom stereocenters. The van der Waals surface area contributed by atoms with Crippen molar-refractivity contribution in [1.29, 1.82) is 0 Å². The molecule has 0 saturated heterocycles. The molecule has 4 rings (SSSR count). The molecule has 0 fully saturated rings. The highest BCUT2D eigenvalue weighted by Gasteiger charge is 2.16. The number of ether oxygens (including phenoxy) is 2. The minimum atomic E-state index is -0.313. The number of rotatable bonds is 8. The zero-order valence-electron chi connectivity index (χ0n) is 20.0. The van der Waals surface area contributed by atoms with Crippen molar-refractivity contribution in [2.45, 2.75) is 32.8 Å². The molecule has 1 aromatic heterocycles. The molecule has 0 radical (unpaired) electrons. The van der Waals surface area contributed by atoms with Crippen LogP contribution in [0.3, 0.4) is 0 Å². The summed E-state index contributed by atoms with van der Waals surface area (Å²) in [5.41, 5.74) is 1.85. The second-order valence-electron chi connectivity index (χ2n) is 8.26. The molecule has 0 aliphatic rings. The molecular formula is C27H24BrFIN3O3. The van der Waals surface area contributed by atoms with E-state index in [0.717, 1.165) is 20.0 Å². The number of methoxy groups -OCH3 is 1. The van der Waals surface area contributed by atoms with Crippen LogP contribution in [0.5, 0.6) is 11.5 Å². The Morgan fingerprint density at radius 1 is 1.22 bits per heavy atom. The molecule has 1 heterocycles. The van der Waals surface area contributed by atoms with Crippen LogP contribution in [-0.4, -0.2) is 23.0 Å². The summed E-state index contributed by atoms with van der Waals surface area (Å²) in [6, 6.07) is 15.4. The van der Waals surface area contributed by atoms with E-state index in [4.69, 9.17) is 14.5 Å². The Kier molecular flexibility index (Phi) is 8.40. The quantitative estimate of drug-likeness (QED) is 0.152. The van der Waals surface area contributed by atoms with Crippen molar-refractivity contribution in [1.82, 2.24) is 9.66 Å². The van der Waals surface area contributed by atoms with E-state index in [1.165, 1.54) is 16.8 Å². The molecule has 0 saturated carbocycles. The first-order valence-electron chi connectivity index (χ1n) is 11.3. The van der Waals surface area contributed by atoms with Gasteiger partial charge >= 0.3 is 0 Å². The molecule has 0 spiro atoms. The monoisotopic (exact) mass is 663 g/mol. The Hall–Kier alpha value is -2.79. The van der Waals surface area contributed by atoms with E-state index in [1.807, 2.05) is 32.0 Å². The van der Waals surface area contributed by atoms with E-state index in [2.05, 4.69) is 43.6 Å². The molecule has 4 aromatic rings. The maximum absolute atomic E-state index is 13.5. The van der Waals surface area contributed by atoms with Gasteiger partial charge in [-0.3, -0.25) is 4.79 Å². The Morgan fingerprint density at radius 2 is 2.03 bits per heavy atom. The van der Waals surface area contributed by atoms with Gasteiger partial charge in [0.1, 0.15) is 18.2 Å². The van der Waals surface area contributed by atoms with Gasteiger partial charge in [-0.1, -0.05) is 41.9 Å². The standard InChI is InChI=1S/C27H24BrFIN3O3/c1-4-16(2)26-32-23-9-8-19(28)13-21(23)27(34)33(26)31-14-18-11-22(30)25(24(12-18)35-3)36-15-17-6-5-7-20(29)10-17/h5-14,16H,4,15H2,1-3H3/t16-/m1/s1. The zero-order valence-corrected chi connectivity index (χ0v) is 23.7. The molecule has 0 N–H and O–H groups in total. The van der Waals surface area contributed by atoms with Crippen molar-refractivity contribution in [3.63, 3.8) is 0 Å². The van der Waals surface area contributed by atoms with Crippen molar-refractivity contribution < 1.29 is 13.9 Å². The number of benzene rings is 3. The zero-order chi connectivity index (χ0) is 25.8. The normalized spacial score (nSPS) is 12.3. The Morgan fingerprint density at radius 3 is 2.75 bits per heavy atom. The van der Waals surface area contributed by atoms with Crippen molar-refractivity contribution in [2.75, 3.05) is 7.11 Å². The van der Waals surface area contributed by atoms with Crippen LogP contribution in [0.1, 0.15) is 43.1 Å². The number of fused-ring (bicyclic) bond motifs is 1. The summed E-state index contributed by atoms with van der Waals surface area (Å²) in [7, 11) is 1.55. The lowest BCUT2D eigenvalue weighted by Crippen LogP contribution is -2.23. The van der Waals surface area contributed by atoms with Gasteiger partial charge in [0.25, 0.3) is 5.56 Å². The van der Waals surface area contributed by atoms with Gasteiger partial charge in [-0.2, -0.15) is 9.78 Å². The Balaban J connectivity index is 1.70. The van der Waals surface area contributed by atoms with E-state index in [1.54, 1.807) is 37.6 Å². The lowest BCUT2D eigenvalue weighted by Gasteiger charge is -2.15. The highest BCUT2D eigenvalue weighted by atomic mass is 127. The number of halogens is 3. The van der Waals surface area contributed by atoms with Gasteiger partial charge in [0.15, 0.2) is 11.5 Å². The van der Waals surface area contributed by atoms with Crippen LogP contribution in [0, 0.1) is 9.39 Å². The van der Waals surface area contributed by atoms with Crippen LogP contribution < -0.4 is 15.0 Å². The number of hydrogen-bond acceptors (Lipinski definition) is 5. The summed E-state index contributed by atoms with van der Waals surface area (Å²) in [5, 5.41) is 5.02. The van der Waals surface area contributed by atoms with Gasteiger partial charge in [0.2, 0.25) is 0 Å². The van der Waals surface area contributed by atoms with Crippen LogP contribution in [0.25, 0.3) is 10.9 Å². The molecule has 9 heteroatoms. The average molecular weight is 664 g/mol. The predicted molar refractivity (Wildman–Crippen MR) is 152 cm³/mol. The van der Waals surface area contributed by atoms with E-state index < -0.39 is 0 Å². The molecule has 0 aliphatic heterocycles. The first kappa shape index (κ1) is 26.3. The molecule has 0 bridgehead atoms. The molecule has 3 aromatic carbocycles. The van der Waals surface area contributed by atoms with Crippen LogP contribution >= 0.6 is 38.5 Å². The second kappa shape index (κ2) is 11.5. The summed E-state index contributed by atoms with van der Waals surface area (Å²) in [6.07, 6.45) is 2.42. The summed E-state index contributed by atoms with van der Waals surface area (Å²) in [4.78, 5) is 18.1. The average Bonchev–Trinajstić information content (AvgIpc) is 2.87. The third-order valence-corrected chi connectivity index (χ3v) is 7.03. The van der Waals surface area contributed by atoms with E-state index in [-0.39, 0.29) is 23.9 Å². The third-order valence-electron chi connectivity index (χ3n) is 5.73. The Bertz CT molecular complexity index is 1510. The summed E-state index contributed by atoms with van der Waals surface area (Å²) in [6.45, 7) is 4.27. The number of nitrogens with zero attached hydrogens (tertiary/aromatic N) is 3. The highest BCUT2D eigenvalue weighted by molar-refractivity contribution is 14.1. The van der Waals surface area contributed by atoms with Gasteiger partial charge in [-0.15, -0.1) is 0 Å². The molecule has 0 unspecified atom stereocenters. The van der Waals surface area contributed by atoms with Crippen molar-refractivity contribution in [3.8, 4) is 11.5 Å². The maximum atomic E-state index is 13.5. The Labute approximate surface area is 230 Å². The van der Waals surface area contributed by atoms with E-state index >= 15 is 0 Å². The SMILES string of the molecule is CC[C@@H](C)c1nc2ccc(Br)cc2c(=O)n1N=Cc1cc(I)c(OCc2cccc(F)c2)c(OC)c1. The van der Waals surface area contributed by atoms with Crippen LogP contribution in [0.15, 0.2) is 69.0 Å². The van der Waals surface area contributed by atoms with Gasteiger partial charge < -0.3 is 9.47 Å². The van der Waals surface area contributed by atoms with Crippen LogP contribution in [0.4, 0.5) is 4.39 Å². The first-order valence-corrected chi connectivity index (χ1v) is 13.2. The van der Waals surface area contributed by atoms with E-state index in [0.29, 0.717) is 33.8 Å². The number of hydrogen-bond donors (Lipinski definition) is 0. The minimum absolute atomic E-state index is 0.0381. The maximum Gasteiger partial charge on any atom is 0.282 e. The van der Waals surface area contributed by atoms with Crippen molar-refractivity contribution >= 4 is 55.6 Å². The fourth-order valence-corrected chi connectivity index (χ4v) is 4.78. The molecule has 0 amide bonds. The van der Waals surface area contributed by atoms with Gasteiger partial charge in [0, 0.05) is 10.4 Å². The predicted octanol–water partition coefficient (Wildman–Crippen LogP) is 6.89. The van der Waals surface area contributed by atoms with Gasteiger partial charge in [0.05, 0.1) is 27.8 Å². The minimum Gasteiger partial charge on any atom is -0.493 e. The summed E-state index contributed by atoms with van der Waals surface area (Å²) < 4.78 is 28.0. The van der Waals surface area contributed by atoms with Gasteiger partial charge in [-0.25, -0.2) is 9.37 Å². The van der Waals surface area contributed by atoms with Crippen LogP contribution in [0.2, 0.25) is 0 Å². The lowest BCUT2D eigenvalue weighted by molar-refractivity contribution is 0.282. The third kappa shape index (κ3) is 5.78. The van der Waals surface area contributed by atoms with Gasteiger partial charge in [-0.05, 0) is 82.6 Å². The van der Waals surface area contributed by atoms with Crippen molar-refractivity contribution in [3.05, 3.63) is 95.8 Å². The fourth-order valence-electron chi connectivity index (χ4n) is 3.64. The topological polar surface area (TPSA) is 65.7 Å². The second-order valence-corrected chi connectivity index (χ2v) is 10.3. The molecule has 36 heavy (non-hydrogen) atoms. The first-order chi connectivity index (χ1) is 17.3. The molecule has 6 nitrogen and oxygen atoms in total. The summed E-state index contributed by atoms with van der Waals surface area (Å²) >= 11 is 5.59. The van der Waals surface area contributed by atoms with Crippen LogP contribution in [-0.2, 0) is 6.61 Å². The highest BCUT2D eigenvalue weighted by Crippen LogP contribution is 2.34. The summed E-state index contributed by atoms with van der Waals surface area (Å²) in [5.74, 6) is 1.39. The van der Waals surface area contributed by atoms with E-state index in [9.17, 15) is 9.18 Å². The molecule has 186 valence electrons. The smallest absolute Gasteiger partial charge is 0.282 e. The van der Waals surface area contributed by atoms with Crippen molar-refractivity contribution in [2.24, 2.45) is 5.10 Å². The fraction of sp³-hybridized carbons (Fsp3) is 0.222. The number of aromatic nitrogens is 2. The molecule has 0 aliphatic carbocycles. The lowest BCUT2D eigenvalue weighted by atomic mass is 10.1. The largest absolute Gasteiger partial charge is 0.493 e.